The predicted molar refractivity (Wildman–Crippen MR) is 80.6 cm³/mol. The number of benzene rings is 2. The van der Waals surface area contributed by atoms with Gasteiger partial charge in [-0.05, 0) is 48.6 Å². The molecule has 1 aliphatic carbocycles. The molecule has 0 saturated carbocycles. The van der Waals surface area contributed by atoms with E-state index in [1.807, 2.05) is 19.2 Å². The van der Waals surface area contributed by atoms with Crippen LogP contribution in [0.2, 0.25) is 5.02 Å². The average Bonchev–Trinajstić information content (AvgIpc) is 2.78. The molecule has 98 valence electrons. The molecule has 0 spiro atoms. The maximum absolute atomic E-state index is 6.28. The third kappa shape index (κ3) is 2.41. The number of halogens is 1. The number of rotatable bonds is 3. The second kappa shape index (κ2) is 5.36. The van der Waals surface area contributed by atoms with E-state index in [1.54, 1.807) is 0 Å². The van der Waals surface area contributed by atoms with Crippen LogP contribution in [0.5, 0.6) is 0 Å². The van der Waals surface area contributed by atoms with Gasteiger partial charge in [0.1, 0.15) is 0 Å². The molecule has 1 N–H and O–H groups in total. The van der Waals surface area contributed by atoms with Gasteiger partial charge in [0.05, 0.1) is 0 Å². The molecular formula is C17H18ClN. The van der Waals surface area contributed by atoms with Gasteiger partial charge in [-0.25, -0.2) is 0 Å². The monoisotopic (exact) mass is 271 g/mol. The molecule has 3 rings (SSSR count). The van der Waals surface area contributed by atoms with Crippen molar-refractivity contribution in [2.24, 2.45) is 5.92 Å². The molecular weight excluding hydrogens is 254 g/mol. The summed E-state index contributed by atoms with van der Waals surface area (Å²) in [6, 6.07) is 17.3. The molecule has 0 saturated heterocycles. The summed E-state index contributed by atoms with van der Waals surface area (Å²) in [5, 5.41) is 4.35. The molecule has 2 heteroatoms. The maximum atomic E-state index is 6.28. The highest BCUT2D eigenvalue weighted by molar-refractivity contribution is 6.31. The Hall–Kier alpha value is -1.31. The Kier molecular flexibility index (Phi) is 3.58. The highest BCUT2D eigenvalue weighted by Gasteiger charge is 2.31. The second-order valence-electron chi connectivity index (χ2n) is 5.22. The van der Waals surface area contributed by atoms with Crippen LogP contribution in [0.25, 0.3) is 0 Å². The van der Waals surface area contributed by atoms with E-state index in [0.29, 0.717) is 12.0 Å². The first-order valence-corrected chi connectivity index (χ1v) is 7.16. The number of fused-ring (bicyclic) bond motifs is 1. The zero-order chi connectivity index (χ0) is 13.2. The van der Waals surface area contributed by atoms with Crippen LogP contribution >= 0.6 is 11.6 Å². The summed E-state index contributed by atoms with van der Waals surface area (Å²) in [5.41, 5.74) is 4.17. The molecule has 0 aromatic heterocycles. The molecule has 19 heavy (non-hydrogen) atoms. The van der Waals surface area contributed by atoms with Gasteiger partial charge in [0, 0.05) is 11.1 Å². The van der Waals surface area contributed by atoms with Crippen molar-refractivity contribution >= 4 is 11.6 Å². The summed E-state index contributed by atoms with van der Waals surface area (Å²) in [4.78, 5) is 0. The zero-order valence-corrected chi connectivity index (χ0v) is 11.8. The van der Waals surface area contributed by atoms with Crippen molar-refractivity contribution in [3.05, 3.63) is 70.2 Å². The van der Waals surface area contributed by atoms with Crippen LogP contribution in [-0.2, 0) is 12.8 Å². The molecule has 0 heterocycles. The number of hydrogen-bond acceptors (Lipinski definition) is 1. The van der Waals surface area contributed by atoms with E-state index in [-0.39, 0.29) is 0 Å². The number of nitrogens with one attached hydrogen (secondary N) is 1. The van der Waals surface area contributed by atoms with Crippen LogP contribution in [0, 0.1) is 5.92 Å². The quantitative estimate of drug-likeness (QED) is 0.889. The summed E-state index contributed by atoms with van der Waals surface area (Å²) in [6.07, 6.45) is 2.16. The smallest absolute Gasteiger partial charge is 0.0438 e. The van der Waals surface area contributed by atoms with Gasteiger partial charge in [0.15, 0.2) is 0 Å². The minimum Gasteiger partial charge on any atom is -0.313 e. The van der Waals surface area contributed by atoms with Crippen molar-refractivity contribution in [2.75, 3.05) is 7.05 Å². The first-order valence-electron chi connectivity index (χ1n) is 6.78. The fourth-order valence-corrected chi connectivity index (χ4v) is 3.42. The SMILES string of the molecule is CNC1c2ccccc2CC1Cc1ccccc1Cl. The van der Waals surface area contributed by atoms with Crippen molar-refractivity contribution in [1.82, 2.24) is 5.32 Å². The fourth-order valence-electron chi connectivity index (χ4n) is 3.21. The molecule has 1 nitrogen and oxygen atoms in total. The van der Waals surface area contributed by atoms with Crippen molar-refractivity contribution in [2.45, 2.75) is 18.9 Å². The lowest BCUT2D eigenvalue weighted by Gasteiger charge is -2.20. The lowest BCUT2D eigenvalue weighted by Crippen LogP contribution is -2.23. The van der Waals surface area contributed by atoms with Crippen LogP contribution in [-0.4, -0.2) is 7.05 Å². The van der Waals surface area contributed by atoms with E-state index in [0.717, 1.165) is 17.9 Å². The zero-order valence-electron chi connectivity index (χ0n) is 11.1. The average molecular weight is 272 g/mol. The molecule has 0 aliphatic heterocycles. The lowest BCUT2D eigenvalue weighted by molar-refractivity contribution is 0.410. The largest absolute Gasteiger partial charge is 0.313 e. The van der Waals surface area contributed by atoms with E-state index in [9.17, 15) is 0 Å². The third-order valence-electron chi connectivity index (χ3n) is 4.09. The standard InChI is InChI=1S/C17H18ClN/c1-19-17-14(10-12-6-2-4-8-15(12)17)11-13-7-3-5-9-16(13)18/h2-9,14,17,19H,10-11H2,1H3. The Labute approximate surface area is 119 Å². The predicted octanol–water partition coefficient (Wildman–Crippen LogP) is 4.02. The first-order chi connectivity index (χ1) is 9.29. The van der Waals surface area contributed by atoms with E-state index in [2.05, 4.69) is 41.7 Å². The summed E-state index contributed by atoms with van der Waals surface area (Å²) in [7, 11) is 2.05. The summed E-state index contributed by atoms with van der Waals surface area (Å²) in [6.45, 7) is 0. The van der Waals surface area contributed by atoms with Crippen LogP contribution < -0.4 is 5.32 Å². The topological polar surface area (TPSA) is 12.0 Å². The Bertz CT molecular complexity index is 579. The molecule has 2 unspecified atom stereocenters. The summed E-state index contributed by atoms with van der Waals surface area (Å²) in [5.74, 6) is 0.585. The van der Waals surface area contributed by atoms with Crippen molar-refractivity contribution in [1.29, 1.82) is 0 Å². The third-order valence-corrected chi connectivity index (χ3v) is 4.46. The van der Waals surface area contributed by atoms with Gasteiger partial charge in [-0.2, -0.15) is 0 Å². The second-order valence-corrected chi connectivity index (χ2v) is 5.63. The lowest BCUT2D eigenvalue weighted by atomic mass is 9.93. The normalized spacial score (nSPS) is 21.4. The van der Waals surface area contributed by atoms with E-state index < -0.39 is 0 Å². The Morgan fingerprint density at radius 3 is 2.63 bits per heavy atom. The van der Waals surface area contributed by atoms with Crippen LogP contribution in [0.4, 0.5) is 0 Å². The molecule has 2 aromatic carbocycles. The highest BCUT2D eigenvalue weighted by atomic mass is 35.5. The van der Waals surface area contributed by atoms with Gasteiger partial charge < -0.3 is 5.32 Å². The minimum absolute atomic E-state index is 0.437. The summed E-state index contributed by atoms with van der Waals surface area (Å²) >= 11 is 6.28. The van der Waals surface area contributed by atoms with Gasteiger partial charge >= 0.3 is 0 Å². The molecule has 0 fully saturated rings. The van der Waals surface area contributed by atoms with Gasteiger partial charge in [-0.1, -0.05) is 54.1 Å². The molecule has 2 aromatic rings. The summed E-state index contributed by atoms with van der Waals surface area (Å²) < 4.78 is 0. The van der Waals surface area contributed by atoms with E-state index >= 15 is 0 Å². The Morgan fingerprint density at radius 1 is 1.11 bits per heavy atom. The molecule has 0 amide bonds. The molecule has 0 bridgehead atoms. The highest BCUT2D eigenvalue weighted by Crippen LogP contribution is 2.38. The van der Waals surface area contributed by atoms with Gasteiger partial charge in [0.25, 0.3) is 0 Å². The molecule has 0 radical (unpaired) electrons. The van der Waals surface area contributed by atoms with Crippen molar-refractivity contribution < 1.29 is 0 Å². The fraction of sp³-hybridized carbons (Fsp3) is 0.294. The van der Waals surface area contributed by atoms with Crippen LogP contribution in [0.3, 0.4) is 0 Å². The van der Waals surface area contributed by atoms with Gasteiger partial charge in [0.2, 0.25) is 0 Å². The van der Waals surface area contributed by atoms with E-state index in [4.69, 9.17) is 11.6 Å². The number of hydrogen-bond donors (Lipinski definition) is 1. The first kappa shape index (κ1) is 12.7. The van der Waals surface area contributed by atoms with E-state index in [1.165, 1.54) is 16.7 Å². The maximum Gasteiger partial charge on any atom is 0.0438 e. The minimum atomic E-state index is 0.437. The Balaban J connectivity index is 1.86. The van der Waals surface area contributed by atoms with Crippen LogP contribution in [0.15, 0.2) is 48.5 Å². The Morgan fingerprint density at radius 2 is 1.84 bits per heavy atom. The van der Waals surface area contributed by atoms with Crippen molar-refractivity contribution in [3.8, 4) is 0 Å². The van der Waals surface area contributed by atoms with Gasteiger partial charge in [-0.15, -0.1) is 0 Å². The van der Waals surface area contributed by atoms with Crippen molar-refractivity contribution in [3.63, 3.8) is 0 Å². The molecule has 2 atom stereocenters. The van der Waals surface area contributed by atoms with Crippen LogP contribution in [0.1, 0.15) is 22.7 Å². The molecule has 1 aliphatic rings. The van der Waals surface area contributed by atoms with Gasteiger partial charge in [-0.3, -0.25) is 0 Å².